The Bertz CT molecular complexity index is 4440. The lowest BCUT2D eigenvalue weighted by molar-refractivity contribution is 0.419. The van der Waals surface area contributed by atoms with Gasteiger partial charge in [0.05, 0.1) is 0 Å². The van der Waals surface area contributed by atoms with E-state index in [1.54, 1.807) is 0 Å². The molecule has 0 saturated carbocycles. The average molecular weight is 1240 g/mol. The Labute approximate surface area is 557 Å². The van der Waals surface area contributed by atoms with Gasteiger partial charge in [0.2, 0.25) is 0 Å². The molecule has 16 aromatic rings. The van der Waals surface area contributed by atoms with Crippen molar-refractivity contribution in [2.24, 2.45) is 0 Å². The second-order valence-corrected chi connectivity index (χ2v) is 23.5. The molecule has 0 bridgehead atoms. The van der Waals surface area contributed by atoms with E-state index in [1.165, 1.54) is 0 Å². The van der Waals surface area contributed by atoms with Crippen molar-refractivity contribution in [3.8, 4) is 136 Å². The Balaban J connectivity index is 0.916. The van der Waals surface area contributed by atoms with E-state index >= 15 is 0 Å². The average Bonchev–Trinajstić information content (AvgIpc) is 0.736. The van der Waals surface area contributed by atoms with Gasteiger partial charge in [-0.1, -0.05) is 255 Å². The summed E-state index contributed by atoms with van der Waals surface area (Å²) in [6.07, 6.45) is 0. The summed E-state index contributed by atoms with van der Waals surface area (Å²) in [5, 5.41) is 5.12. The zero-order valence-electron chi connectivity index (χ0n) is 52.1. The van der Waals surface area contributed by atoms with Gasteiger partial charge in [-0.25, -0.2) is 0 Å². The minimum absolute atomic E-state index is 0.495. The molecular formula is C90H60O6. The van der Waals surface area contributed by atoms with Crippen molar-refractivity contribution in [3.63, 3.8) is 0 Å². The fourth-order valence-corrected chi connectivity index (χ4v) is 12.3. The first-order valence-corrected chi connectivity index (χ1v) is 32.1. The minimum Gasteiger partial charge on any atom is -0.453 e. The predicted molar refractivity (Wildman–Crippen MR) is 391 cm³/mol. The second-order valence-electron chi connectivity index (χ2n) is 23.5. The standard InChI is InChI=1S/C90H60O6/c1-7-19-61(20-8-1)67-31-43-73(44-32-67)91-85-55-79-80(56-86(85)92-74-45-33-68(34-46-74)62-21-9-2-10-22-62)82-58-88(94-76-49-37-70(38-50-76)64-25-13-4-14-26-64)90(96-78-53-41-72(42-54-78)66-29-17-6-18-30-66)60-84(82)83-59-89(95-77-51-39-71(40-52-77)65-27-15-5-16-28-65)87(57-81(79)83)93-75-47-35-69(36-48-75)63-23-11-3-12-24-63/h1-60H. The maximum atomic E-state index is 7.09. The summed E-state index contributed by atoms with van der Waals surface area (Å²) in [7, 11) is 0. The number of ether oxygens (including phenoxy) is 6. The predicted octanol–water partition coefficient (Wildman–Crippen LogP) is 25.9. The number of rotatable bonds is 18. The third-order valence-electron chi connectivity index (χ3n) is 17.3. The van der Waals surface area contributed by atoms with Crippen molar-refractivity contribution < 1.29 is 28.4 Å². The van der Waals surface area contributed by atoms with E-state index in [1.807, 2.05) is 182 Å². The highest BCUT2D eigenvalue weighted by Gasteiger charge is 2.23. The number of benzene rings is 16. The zero-order valence-corrected chi connectivity index (χ0v) is 52.1. The highest BCUT2D eigenvalue weighted by Crippen LogP contribution is 2.51. The van der Waals surface area contributed by atoms with Crippen molar-refractivity contribution in [2.45, 2.75) is 0 Å². The molecule has 0 radical (unpaired) electrons. The molecule has 0 amide bonds. The van der Waals surface area contributed by atoms with Gasteiger partial charge in [0.15, 0.2) is 34.5 Å². The van der Waals surface area contributed by atoms with Gasteiger partial charge >= 0.3 is 0 Å². The zero-order chi connectivity index (χ0) is 64.0. The van der Waals surface area contributed by atoms with E-state index in [0.29, 0.717) is 69.0 Å². The maximum absolute atomic E-state index is 7.09. The maximum Gasteiger partial charge on any atom is 0.170 e. The molecule has 456 valence electrons. The summed E-state index contributed by atoms with van der Waals surface area (Å²) >= 11 is 0. The quantitative estimate of drug-likeness (QED) is 0.0798. The van der Waals surface area contributed by atoms with Crippen LogP contribution in [-0.2, 0) is 0 Å². The van der Waals surface area contributed by atoms with Crippen LogP contribution in [-0.4, -0.2) is 0 Å². The van der Waals surface area contributed by atoms with Gasteiger partial charge in [0.25, 0.3) is 0 Å². The third-order valence-corrected chi connectivity index (χ3v) is 17.3. The molecule has 0 aliphatic rings. The van der Waals surface area contributed by atoms with Crippen LogP contribution in [0.3, 0.4) is 0 Å². The molecular weight excluding hydrogens is 1180 g/mol. The van der Waals surface area contributed by atoms with Crippen LogP contribution in [0.4, 0.5) is 0 Å². The summed E-state index contributed by atoms with van der Waals surface area (Å²) < 4.78 is 42.6. The third kappa shape index (κ3) is 12.6. The fourth-order valence-electron chi connectivity index (χ4n) is 12.3. The molecule has 0 aliphatic carbocycles. The lowest BCUT2D eigenvalue weighted by Gasteiger charge is -2.21. The van der Waals surface area contributed by atoms with E-state index in [2.05, 4.69) is 182 Å². The van der Waals surface area contributed by atoms with Crippen molar-refractivity contribution in [1.82, 2.24) is 0 Å². The van der Waals surface area contributed by atoms with Gasteiger partial charge < -0.3 is 28.4 Å². The topological polar surface area (TPSA) is 55.4 Å². The molecule has 0 heterocycles. The smallest absolute Gasteiger partial charge is 0.170 e. The number of fused-ring (bicyclic) bond motifs is 6. The fraction of sp³-hybridized carbons (Fsp3) is 0. The SMILES string of the molecule is c1ccc(-c2ccc(Oc3cc4c5cc(Oc6ccc(-c7ccccc7)cc6)c(Oc6ccc(-c7ccccc7)cc6)cc5c5cc(Oc6ccc(-c7ccccc7)cc6)c(Oc6ccc(-c7ccccc7)cc6)cc5c4cc3Oc3ccc(-c4ccccc4)cc3)cc2)cc1. The summed E-state index contributed by atoms with van der Waals surface area (Å²) in [4.78, 5) is 0. The molecule has 0 spiro atoms. The summed E-state index contributed by atoms with van der Waals surface area (Å²) in [6.45, 7) is 0. The Hall–Kier alpha value is -12.9. The Morgan fingerprint density at radius 3 is 0.354 bits per heavy atom. The van der Waals surface area contributed by atoms with Gasteiger partial charge in [-0.05, 0) is 208 Å². The van der Waals surface area contributed by atoms with Crippen LogP contribution in [0.1, 0.15) is 0 Å². The molecule has 0 fully saturated rings. The van der Waals surface area contributed by atoms with Crippen molar-refractivity contribution in [1.29, 1.82) is 0 Å². The molecule has 0 aliphatic heterocycles. The normalized spacial score (nSPS) is 11.1. The van der Waals surface area contributed by atoms with E-state index < -0.39 is 0 Å². The molecule has 96 heavy (non-hydrogen) atoms. The molecule has 0 atom stereocenters. The highest BCUT2D eigenvalue weighted by molar-refractivity contribution is 6.27. The van der Waals surface area contributed by atoms with Crippen molar-refractivity contribution in [2.75, 3.05) is 0 Å². The summed E-state index contributed by atoms with van der Waals surface area (Å²) in [5.74, 6) is 6.76. The van der Waals surface area contributed by atoms with E-state index in [0.717, 1.165) is 99.1 Å². The second kappa shape index (κ2) is 26.4. The molecule has 16 aromatic carbocycles. The molecule has 0 saturated heterocycles. The van der Waals surface area contributed by atoms with Gasteiger partial charge in [-0.15, -0.1) is 0 Å². The van der Waals surface area contributed by atoms with E-state index in [4.69, 9.17) is 28.4 Å². The molecule has 0 N–H and O–H groups in total. The van der Waals surface area contributed by atoms with Crippen LogP contribution in [0.25, 0.3) is 99.1 Å². The largest absolute Gasteiger partial charge is 0.453 e. The molecule has 0 aromatic heterocycles. The number of hydrogen-bond acceptors (Lipinski definition) is 6. The Kier molecular flexibility index (Phi) is 16.0. The molecule has 16 rings (SSSR count). The highest BCUT2D eigenvalue weighted by atomic mass is 16.5. The first-order valence-electron chi connectivity index (χ1n) is 32.1. The monoisotopic (exact) mass is 1240 g/mol. The van der Waals surface area contributed by atoms with E-state index in [-0.39, 0.29) is 0 Å². The Morgan fingerprint density at radius 1 is 0.115 bits per heavy atom. The molecule has 6 nitrogen and oxygen atoms in total. The van der Waals surface area contributed by atoms with Gasteiger partial charge in [-0.3, -0.25) is 0 Å². The van der Waals surface area contributed by atoms with Gasteiger partial charge in [0.1, 0.15) is 34.5 Å². The van der Waals surface area contributed by atoms with Crippen molar-refractivity contribution >= 4 is 32.3 Å². The molecule has 6 heteroatoms. The first-order chi connectivity index (χ1) is 47.5. The van der Waals surface area contributed by atoms with Crippen LogP contribution in [0.5, 0.6) is 69.0 Å². The van der Waals surface area contributed by atoms with E-state index in [9.17, 15) is 0 Å². The molecule has 0 unspecified atom stereocenters. The summed E-state index contributed by atoms with van der Waals surface area (Å²) in [6, 6.07) is 124. The first kappa shape index (κ1) is 58.2. The van der Waals surface area contributed by atoms with Gasteiger partial charge in [-0.2, -0.15) is 0 Å². The Morgan fingerprint density at radius 2 is 0.229 bits per heavy atom. The van der Waals surface area contributed by atoms with Crippen LogP contribution in [0.2, 0.25) is 0 Å². The van der Waals surface area contributed by atoms with Crippen LogP contribution < -0.4 is 28.4 Å². The lowest BCUT2D eigenvalue weighted by atomic mass is 9.93. The van der Waals surface area contributed by atoms with Crippen molar-refractivity contribution in [3.05, 3.63) is 364 Å². The minimum atomic E-state index is 0.495. The number of hydrogen-bond donors (Lipinski definition) is 0. The summed E-state index contributed by atoms with van der Waals surface area (Å²) in [5.41, 5.74) is 13.1. The van der Waals surface area contributed by atoms with Gasteiger partial charge in [0, 0.05) is 0 Å². The van der Waals surface area contributed by atoms with Crippen LogP contribution in [0, 0.1) is 0 Å². The lowest BCUT2D eigenvalue weighted by Crippen LogP contribution is -1.96. The van der Waals surface area contributed by atoms with Crippen LogP contribution in [0.15, 0.2) is 364 Å². The van der Waals surface area contributed by atoms with Crippen LogP contribution >= 0.6 is 0 Å².